The molecule has 0 spiro atoms. The van der Waals surface area contributed by atoms with Gasteiger partial charge in [-0.2, -0.15) is 0 Å². The van der Waals surface area contributed by atoms with Gasteiger partial charge in [0, 0.05) is 23.8 Å². The van der Waals surface area contributed by atoms with E-state index in [2.05, 4.69) is 20.3 Å². The number of benzene rings is 1. The summed E-state index contributed by atoms with van der Waals surface area (Å²) < 4.78 is 5.96. The normalized spacial score (nSPS) is 10.2. The highest BCUT2D eigenvalue weighted by atomic mass is 32.1. The lowest BCUT2D eigenvalue weighted by Gasteiger charge is -2.07. The van der Waals surface area contributed by atoms with Crippen LogP contribution in [0.4, 0.5) is 5.69 Å². The molecule has 0 bridgehead atoms. The molecule has 2 aromatic heterocycles. The second kappa shape index (κ2) is 7.01. The Balaban J connectivity index is 1.70. The molecule has 0 aliphatic carbocycles. The molecule has 3 rings (SSSR count). The predicted octanol–water partition coefficient (Wildman–Crippen LogP) is 3.89. The molecule has 2 N–H and O–H groups in total. The van der Waals surface area contributed by atoms with Gasteiger partial charge >= 0.3 is 6.01 Å². The third kappa shape index (κ3) is 3.82. The smallest absolute Gasteiger partial charge is 0.322 e. The number of carbonyl (C=O) groups is 1. The van der Waals surface area contributed by atoms with Crippen LogP contribution in [0, 0.1) is 11.6 Å². The molecule has 7 heteroatoms. The molecule has 0 saturated carbocycles. The number of pyridine rings is 1. The molecular formula is C17H14N4O2S. The average Bonchev–Trinajstić information content (AvgIpc) is 2.57. The molecule has 1 amide bonds. The highest BCUT2D eigenvalue weighted by Crippen LogP contribution is 2.20. The van der Waals surface area contributed by atoms with Crippen molar-refractivity contribution in [3.05, 3.63) is 70.8 Å². The Morgan fingerprint density at radius 1 is 1.21 bits per heavy atom. The first-order valence-electron chi connectivity index (χ1n) is 7.18. The lowest BCUT2D eigenvalue weighted by molar-refractivity contribution is 0.102. The number of aryl methyl sites for hydroxylation is 1. The Kier molecular flexibility index (Phi) is 4.62. The SMILES string of the molecule is Cc1ccnc(Oc2ccc(NC(=O)c3ccc[nH]c3=S)cc2)n1. The van der Waals surface area contributed by atoms with Crippen LogP contribution >= 0.6 is 12.2 Å². The Labute approximate surface area is 143 Å². The lowest BCUT2D eigenvalue weighted by atomic mass is 10.2. The predicted molar refractivity (Wildman–Crippen MR) is 92.9 cm³/mol. The zero-order valence-electron chi connectivity index (χ0n) is 12.8. The van der Waals surface area contributed by atoms with E-state index < -0.39 is 0 Å². The Morgan fingerprint density at radius 2 is 2.00 bits per heavy atom. The van der Waals surface area contributed by atoms with Crippen LogP contribution in [0.1, 0.15) is 16.1 Å². The second-order valence-corrected chi connectivity index (χ2v) is 5.38. The van der Waals surface area contributed by atoms with Gasteiger partial charge in [0.2, 0.25) is 0 Å². The number of anilines is 1. The van der Waals surface area contributed by atoms with Gasteiger partial charge in [0.05, 0.1) is 5.56 Å². The number of amides is 1. The molecule has 0 radical (unpaired) electrons. The quantitative estimate of drug-likeness (QED) is 0.706. The van der Waals surface area contributed by atoms with Gasteiger partial charge in [-0.3, -0.25) is 4.79 Å². The minimum Gasteiger partial charge on any atom is -0.424 e. The van der Waals surface area contributed by atoms with Crippen LogP contribution in [0.3, 0.4) is 0 Å². The second-order valence-electron chi connectivity index (χ2n) is 4.97. The van der Waals surface area contributed by atoms with E-state index in [1.54, 1.807) is 54.9 Å². The molecule has 24 heavy (non-hydrogen) atoms. The van der Waals surface area contributed by atoms with E-state index in [1.165, 1.54) is 0 Å². The van der Waals surface area contributed by atoms with Gasteiger partial charge in [0.1, 0.15) is 10.4 Å². The molecule has 0 fully saturated rings. The van der Waals surface area contributed by atoms with E-state index in [4.69, 9.17) is 17.0 Å². The summed E-state index contributed by atoms with van der Waals surface area (Å²) in [7, 11) is 0. The van der Waals surface area contributed by atoms with Crippen molar-refractivity contribution in [1.82, 2.24) is 15.0 Å². The van der Waals surface area contributed by atoms with Crippen molar-refractivity contribution in [2.45, 2.75) is 6.92 Å². The van der Waals surface area contributed by atoms with E-state index in [-0.39, 0.29) is 11.9 Å². The van der Waals surface area contributed by atoms with Crippen molar-refractivity contribution < 1.29 is 9.53 Å². The fraction of sp³-hybridized carbons (Fsp3) is 0.0588. The largest absolute Gasteiger partial charge is 0.424 e. The highest BCUT2D eigenvalue weighted by Gasteiger charge is 2.08. The average molecular weight is 338 g/mol. The van der Waals surface area contributed by atoms with Crippen molar-refractivity contribution in [3.8, 4) is 11.8 Å². The summed E-state index contributed by atoms with van der Waals surface area (Å²) in [5.74, 6) is 0.308. The Hall–Kier alpha value is -3.06. The monoisotopic (exact) mass is 338 g/mol. The fourth-order valence-corrected chi connectivity index (χ4v) is 2.21. The summed E-state index contributed by atoms with van der Waals surface area (Å²) in [5, 5.41) is 2.79. The maximum atomic E-state index is 12.2. The van der Waals surface area contributed by atoms with Crippen LogP contribution in [0.2, 0.25) is 0 Å². The molecular weight excluding hydrogens is 324 g/mol. The summed E-state index contributed by atoms with van der Waals surface area (Å²) in [5.41, 5.74) is 1.88. The first-order valence-corrected chi connectivity index (χ1v) is 7.59. The molecule has 0 saturated heterocycles. The third-order valence-corrected chi connectivity index (χ3v) is 3.49. The number of nitrogens with zero attached hydrogens (tertiary/aromatic N) is 2. The van der Waals surface area contributed by atoms with Crippen LogP contribution in [-0.4, -0.2) is 20.9 Å². The van der Waals surface area contributed by atoms with Gasteiger partial charge in [-0.25, -0.2) is 9.97 Å². The maximum Gasteiger partial charge on any atom is 0.322 e. The Bertz CT molecular complexity index is 922. The number of nitrogens with one attached hydrogen (secondary N) is 2. The number of carbonyl (C=O) groups excluding carboxylic acids is 1. The van der Waals surface area contributed by atoms with E-state index >= 15 is 0 Å². The molecule has 0 aliphatic heterocycles. The molecule has 0 unspecified atom stereocenters. The van der Waals surface area contributed by atoms with E-state index in [0.29, 0.717) is 21.6 Å². The number of ether oxygens (including phenoxy) is 1. The first kappa shape index (κ1) is 15.8. The minimum absolute atomic E-state index is 0.271. The van der Waals surface area contributed by atoms with Crippen LogP contribution in [0.5, 0.6) is 11.8 Å². The van der Waals surface area contributed by atoms with Crippen molar-refractivity contribution in [2.75, 3.05) is 5.32 Å². The van der Waals surface area contributed by atoms with Crippen LogP contribution in [0.15, 0.2) is 54.9 Å². The molecule has 0 aliphatic rings. The summed E-state index contributed by atoms with van der Waals surface area (Å²) in [6, 6.07) is 12.4. The molecule has 0 atom stereocenters. The first-order chi connectivity index (χ1) is 11.6. The van der Waals surface area contributed by atoms with Crippen molar-refractivity contribution in [2.24, 2.45) is 0 Å². The lowest BCUT2D eigenvalue weighted by Crippen LogP contribution is -2.12. The van der Waals surface area contributed by atoms with Crippen LogP contribution < -0.4 is 10.1 Å². The minimum atomic E-state index is -0.271. The van der Waals surface area contributed by atoms with Gasteiger partial charge in [0.15, 0.2) is 0 Å². The van der Waals surface area contributed by atoms with Crippen LogP contribution in [0.25, 0.3) is 0 Å². The van der Waals surface area contributed by atoms with Crippen molar-refractivity contribution in [1.29, 1.82) is 0 Å². The molecule has 3 aromatic rings. The van der Waals surface area contributed by atoms with Gasteiger partial charge in [-0.05, 0) is 49.4 Å². The number of hydrogen-bond donors (Lipinski definition) is 2. The number of aromatic nitrogens is 3. The zero-order valence-corrected chi connectivity index (χ0v) is 13.6. The molecule has 6 nitrogen and oxygen atoms in total. The molecule has 2 heterocycles. The summed E-state index contributed by atoms with van der Waals surface area (Å²) in [6.45, 7) is 1.86. The van der Waals surface area contributed by atoms with Gasteiger partial charge in [0.25, 0.3) is 5.91 Å². The number of rotatable bonds is 4. The van der Waals surface area contributed by atoms with Gasteiger partial charge < -0.3 is 15.0 Å². The van der Waals surface area contributed by atoms with E-state index in [1.807, 2.05) is 6.92 Å². The van der Waals surface area contributed by atoms with Gasteiger partial charge in [-0.1, -0.05) is 12.2 Å². The fourth-order valence-electron chi connectivity index (χ4n) is 1.99. The molecule has 120 valence electrons. The zero-order chi connectivity index (χ0) is 16.9. The standard InChI is InChI=1S/C17H14N4O2S/c1-11-8-10-19-17(20-11)23-13-6-4-12(5-7-13)21-15(22)14-3-2-9-18-16(14)24/h2-10H,1H3,(H,18,24)(H,21,22). The van der Waals surface area contributed by atoms with Crippen molar-refractivity contribution in [3.63, 3.8) is 0 Å². The maximum absolute atomic E-state index is 12.2. The topological polar surface area (TPSA) is 79.9 Å². The third-order valence-electron chi connectivity index (χ3n) is 3.16. The van der Waals surface area contributed by atoms with Crippen molar-refractivity contribution >= 4 is 23.8 Å². The number of aromatic amines is 1. The summed E-state index contributed by atoms with van der Waals surface area (Å²) in [4.78, 5) is 23.2. The number of hydrogen-bond acceptors (Lipinski definition) is 5. The van der Waals surface area contributed by atoms with E-state index in [0.717, 1.165) is 5.69 Å². The molecule has 1 aromatic carbocycles. The van der Waals surface area contributed by atoms with E-state index in [9.17, 15) is 4.79 Å². The van der Waals surface area contributed by atoms with Gasteiger partial charge in [-0.15, -0.1) is 0 Å². The Morgan fingerprint density at radius 3 is 2.71 bits per heavy atom. The number of H-pyrrole nitrogens is 1. The summed E-state index contributed by atoms with van der Waals surface area (Å²) >= 11 is 5.10. The highest BCUT2D eigenvalue weighted by molar-refractivity contribution is 7.71. The summed E-state index contributed by atoms with van der Waals surface area (Å²) in [6.07, 6.45) is 3.31. The van der Waals surface area contributed by atoms with Crippen LogP contribution in [-0.2, 0) is 0 Å².